The molecule has 0 bridgehead atoms. The zero-order valence-corrected chi connectivity index (χ0v) is 16.3. The summed E-state index contributed by atoms with van der Waals surface area (Å²) in [4.78, 5) is 26.3. The number of thiazole rings is 1. The van der Waals surface area contributed by atoms with Crippen molar-refractivity contribution < 1.29 is 14.3 Å². The van der Waals surface area contributed by atoms with Gasteiger partial charge in [0.2, 0.25) is 0 Å². The third kappa shape index (κ3) is 3.51. The monoisotopic (exact) mass is 394 g/mol. The van der Waals surface area contributed by atoms with Crippen LogP contribution in [-0.4, -0.2) is 41.3 Å². The standard InChI is InChI=1S/C20H18N4O3S/c1-26-10-9-24-17-6-4-14(27-2)12-18(17)28-20(24)23-19(25)13-3-5-15-16(11-13)22-8-7-21-15/h3-8,11-12H,9-10H2,1-2H3. The SMILES string of the molecule is COCCn1c(=NC(=O)c2ccc3nccnc3c2)sc2cc(OC)ccc21. The van der Waals surface area contributed by atoms with Crippen molar-refractivity contribution in [2.24, 2.45) is 4.99 Å². The van der Waals surface area contributed by atoms with Crippen molar-refractivity contribution in [1.29, 1.82) is 0 Å². The van der Waals surface area contributed by atoms with Crippen molar-refractivity contribution in [3.05, 3.63) is 59.2 Å². The van der Waals surface area contributed by atoms with Gasteiger partial charge in [0.1, 0.15) is 5.75 Å². The van der Waals surface area contributed by atoms with Crippen LogP contribution in [0.3, 0.4) is 0 Å². The molecule has 0 saturated heterocycles. The molecule has 7 nitrogen and oxygen atoms in total. The van der Waals surface area contributed by atoms with Gasteiger partial charge in [-0.15, -0.1) is 0 Å². The number of ether oxygens (including phenoxy) is 2. The average Bonchev–Trinajstić information content (AvgIpc) is 3.07. The van der Waals surface area contributed by atoms with E-state index in [-0.39, 0.29) is 5.91 Å². The van der Waals surface area contributed by atoms with Gasteiger partial charge >= 0.3 is 0 Å². The number of methoxy groups -OCH3 is 2. The lowest BCUT2D eigenvalue weighted by Crippen LogP contribution is -2.19. The summed E-state index contributed by atoms with van der Waals surface area (Å²) in [5, 5.41) is 0. The van der Waals surface area contributed by atoms with Crippen molar-refractivity contribution in [3.8, 4) is 5.75 Å². The van der Waals surface area contributed by atoms with Crippen LogP contribution in [-0.2, 0) is 11.3 Å². The van der Waals surface area contributed by atoms with E-state index in [1.165, 1.54) is 11.3 Å². The highest BCUT2D eigenvalue weighted by Gasteiger charge is 2.11. The maximum Gasteiger partial charge on any atom is 0.279 e. The zero-order valence-electron chi connectivity index (χ0n) is 15.5. The Balaban J connectivity index is 1.80. The van der Waals surface area contributed by atoms with Gasteiger partial charge in [0.15, 0.2) is 4.80 Å². The molecule has 0 fully saturated rings. The van der Waals surface area contributed by atoms with Crippen LogP contribution in [0, 0.1) is 0 Å². The van der Waals surface area contributed by atoms with E-state index in [1.807, 2.05) is 22.8 Å². The molecule has 8 heteroatoms. The average molecular weight is 394 g/mol. The van der Waals surface area contributed by atoms with Gasteiger partial charge < -0.3 is 14.0 Å². The molecule has 0 saturated carbocycles. The Morgan fingerprint density at radius 2 is 1.93 bits per heavy atom. The minimum absolute atomic E-state index is 0.322. The van der Waals surface area contributed by atoms with Crippen molar-refractivity contribution in [3.63, 3.8) is 0 Å². The number of carbonyl (C=O) groups excluding carboxylic acids is 1. The van der Waals surface area contributed by atoms with E-state index in [1.54, 1.807) is 44.8 Å². The first-order valence-corrected chi connectivity index (χ1v) is 9.47. The molecule has 0 aliphatic carbocycles. The normalized spacial score (nSPS) is 12.0. The highest BCUT2D eigenvalue weighted by molar-refractivity contribution is 7.16. The van der Waals surface area contributed by atoms with E-state index in [9.17, 15) is 4.79 Å². The molecule has 0 spiro atoms. The second kappa shape index (κ2) is 7.87. The Hall–Kier alpha value is -3.10. The van der Waals surface area contributed by atoms with Gasteiger partial charge in [0.05, 0.1) is 35.0 Å². The summed E-state index contributed by atoms with van der Waals surface area (Å²) in [6, 6.07) is 11.0. The fraction of sp³-hybridized carbons (Fsp3) is 0.200. The Labute approximate surface area is 164 Å². The van der Waals surface area contributed by atoms with E-state index in [0.29, 0.717) is 29.0 Å². The Morgan fingerprint density at radius 3 is 2.71 bits per heavy atom. The van der Waals surface area contributed by atoms with E-state index < -0.39 is 0 Å². The van der Waals surface area contributed by atoms with Gasteiger partial charge in [0.25, 0.3) is 5.91 Å². The molecule has 142 valence electrons. The molecule has 1 amide bonds. The van der Waals surface area contributed by atoms with Crippen LogP contribution in [0.1, 0.15) is 10.4 Å². The first-order valence-electron chi connectivity index (χ1n) is 8.66. The Morgan fingerprint density at radius 1 is 1.11 bits per heavy atom. The second-order valence-corrected chi connectivity index (χ2v) is 7.05. The Kier molecular flexibility index (Phi) is 5.14. The molecule has 2 aromatic heterocycles. The van der Waals surface area contributed by atoms with Crippen LogP contribution < -0.4 is 9.54 Å². The summed E-state index contributed by atoms with van der Waals surface area (Å²) < 4.78 is 13.5. The van der Waals surface area contributed by atoms with E-state index in [4.69, 9.17) is 9.47 Å². The molecule has 0 aliphatic rings. The first kappa shape index (κ1) is 18.3. The second-order valence-electron chi connectivity index (χ2n) is 6.04. The van der Waals surface area contributed by atoms with Crippen LogP contribution in [0.5, 0.6) is 5.75 Å². The van der Waals surface area contributed by atoms with Crippen LogP contribution in [0.2, 0.25) is 0 Å². The number of aromatic nitrogens is 3. The van der Waals surface area contributed by atoms with Crippen molar-refractivity contribution in [2.75, 3.05) is 20.8 Å². The van der Waals surface area contributed by atoms with Crippen LogP contribution >= 0.6 is 11.3 Å². The van der Waals surface area contributed by atoms with Gasteiger partial charge in [-0.3, -0.25) is 14.8 Å². The van der Waals surface area contributed by atoms with E-state index in [2.05, 4.69) is 15.0 Å². The number of carbonyl (C=O) groups is 1. The van der Waals surface area contributed by atoms with Gasteiger partial charge in [-0.2, -0.15) is 4.99 Å². The third-order valence-electron chi connectivity index (χ3n) is 4.32. The maximum absolute atomic E-state index is 12.8. The quantitative estimate of drug-likeness (QED) is 0.520. The summed E-state index contributed by atoms with van der Waals surface area (Å²) in [6.45, 7) is 1.11. The number of fused-ring (bicyclic) bond motifs is 2. The van der Waals surface area contributed by atoms with Crippen LogP contribution in [0.4, 0.5) is 0 Å². The number of hydrogen-bond donors (Lipinski definition) is 0. The molecule has 0 aliphatic heterocycles. The molecular formula is C20H18N4O3S. The third-order valence-corrected chi connectivity index (χ3v) is 5.36. The predicted octanol–water partition coefficient (Wildman–Crippen LogP) is 3.04. The lowest BCUT2D eigenvalue weighted by atomic mass is 10.2. The minimum Gasteiger partial charge on any atom is -0.497 e. The summed E-state index contributed by atoms with van der Waals surface area (Å²) in [6.07, 6.45) is 3.23. The molecule has 0 atom stereocenters. The molecule has 2 heterocycles. The van der Waals surface area contributed by atoms with Gasteiger partial charge in [-0.25, -0.2) is 0 Å². The summed E-state index contributed by atoms with van der Waals surface area (Å²) >= 11 is 1.44. The number of benzene rings is 2. The molecule has 0 radical (unpaired) electrons. The van der Waals surface area contributed by atoms with Gasteiger partial charge in [0, 0.05) is 31.6 Å². The Bertz CT molecular complexity index is 1230. The molecule has 4 rings (SSSR count). The predicted molar refractivity (Wildman–Crippen MR) is 108 cm³/mol. The highest BCUT2D eigenvalue weighted by atomic mass is 32.1. The van der Waals surface area contributed by atoms with E-state index >= 15 is 0 Å². The lowest BCUT2D eigenvalue weighted by molar-refractivity contribution is 0.0997. The van der Waals surface area contributed by atoms with Crippen molar-refractivity contribution in [2.45, 2.75) is 6.54 Å². The number of amides is 1. The molecule has 2 aromatic carbocycles. The highest BCUT2D eigenvalue weighted by Crippen LogP contribution is 2.23. The molecule has 0 unspecified atom stereocenters. The largest absolute Gasteiger partial charge is 0.497 e. The minimum atomic E-state index is -0.322. The van der Waals surface area contributed by atoms with Crippen molar-refractivity contribution in [1.82, 2.24) is 14.5 Å². The number of hydrogen-bond acceptors (Lipinski definition) is 6. The van der Waals surface area contributed by atoms with Crippen LogP contribution in [0.25, 0.3) is 21.3 Å². The fourth-order valence-corrected chi connectivity index (χ4v) is 4.00. The van der Waals surface area contributed by atoms with Gasteiger partial charge in [-0.1, -0.05) is 11.3 Å². The van der Waals surface area contributed by atoms with Crippen molar-refractivity contribution >= 4 is 38.5 Å². The van der Waals surface area contributed by atoms with Crippen LogP contribution in [0.15, 0.2) is 53.8 Å². The lowest BCUT2D eigenvalue weighted by Gasteiger charge is -2.05. The molecular weight excluding hydrogens is 376 g/mol. The van der Waals surface area contributed by atoms with E-state index in [0.717, 1.165) is 21.5 Å². The molecule has 28 heavy (non-hydrogen) atoms. The fourth-order valence-electron chi connectivity index (χ4n) is 2.91. The first-order chi connectivity index (χ1) is 13.7. The summed E-state index contributed by atoms with van der Waals surface area (Å²) in [5.74, 6) is 0.441. The molecule has 0 N–H and O–H groups in total. The molecule has 4 aromatic rings. The number of nitrogens with zero attached hydrogens (tertiary/aromatic N) is 4. The summed E-state index contributed by atoms with van der Waals surface area (Å²) in [7, 11) is 3.28. The topological polar surface area (TPSA) is 78.6 Å². The summed E-state index contributed by atoms with van der Waals surface area (Å²) in [5.41, 5.74) is 2.86. The zero-order chi connectivity index (χ0) is 19.5. The smallest absolute Gasteiger partial charge is 0.279 e. The number of rotatable bonds is 5. The maximum atomic E-state index is 12.8. The van der Waals surface area contributed by atoms with Gasteiger partial charge in [-0.05, 0) is 36.4 Å².